The van der Waals surface area contributed by atoms with Gasteiger partial charge in [0.1, 0.15) is 0 Å². The molecule has 4 nitrogen and oxygen atoms in total. The van der Waals surface area contributed by atoms with Crippen LogP contribution in [0, 0.1) is 5.92 Å². The van der Waals surface area contributed by atoms with Crippen molar-refractivity contribution in [2.45, 2.75) is 24.3 Å². The van der Waals surface area contributed by atoms with Gasteiger partial charge in [0.25, 0.3) is 0 Å². The number of hydrogen-bond acceptors (Lipinski definition) is 3. The zero-order valence-corrected chi connectivity index (χ0v) is 10.2. The summed E-state index contributed by atoms with van der Waals surface area (Å²) in [5.74, 6) is 0.464. The Labute approximate surface area is 96.1 Å². The average Bonchev–Trinajstić information content (AvgIpc) is 2.93. The number of benzene rings is 1. The fourth-order valence-electron chi connectivity index (χ4n) is 1.55. The van der Waals surface area contributed by atoms with E-state index in [0.29, 0.717) is 10.8 Å². The SMILES string of the molecule is CNc1ccc(S(=O)(=O)NC2CC2C)cc1. The third-order valence-electron chi connectivity index (χ3n) is 2.87. The third kappa shape index (κ3) is 2.36. The second-order valence-electron chi connectivity index (χ2n) is 4.22. The molecule has 0 amide bonds. The summed E-state index contributed by atoms with van der Waals surface area (Å²) < 4.78 is 26.5. The van der Waals surface area contributed by atoms with E-state index in [-0.39, 0.29) is 6.04 Å². The zero-order chi connectivity index (χ0) is 11.8. The zero-order valence-electron chi connectivity index (χ0n) is 9.40. The summed E-state index contributed by atoms with van der Waals surface area (Å²) in [6.07, 6.45) is 0.938. The summed E-state index contributed by atoms with van der Waals surface area (Å²) in [6, 6.07) is 6.85. The average molecular weight is 240 g/mol. The molecule has 0 saturated heterocycles. The maximum absolute atomic E-state index is 11.9. The summed E-state index contributed by atoms with van der Waals surface area (Å²) >= 11 is 0. The predicted molar refractivity (Wildman–Crippen MR) is 63.9 cm³/mol. The van der Waals surface area contributed by atoms with Gasteiger partial charge in [-0.05, 0) is 36.6 Å². The predicted octanol–water partition coefficient (Wildman–Crippen LogP) is 1.41. The van der Waals surface area contributed by atoms with Crippen LogP contribution in [0.15, 0.2) is 29.2 Å². The molecule has 1 aliphatic rings. The first-order valence-corrected chi connectivity index (χ1v) is 6.81. The molecule has 0 spiro atoms. The minimum atomic E-state index is -3.33. The topological polar surface area (TPSA) is 58.2 Å². The third-order valence-corrected chi connectivity index (χ3v) is 4.38. The van der Waals surface area contributed by atoms with E-state index in [4.69, 9.17) is 0 Å². The van der Waals surface area contributed by atoms with Crippen LogP contribution in [0.5, 0.6) is 0 Å². The van der Waals surface area contributed by atoms with Crippen molar-refractivity contribution < 1.29 is 8.42 Å². The van der Waals surface area contributed by atoms with Gasteiger partial charge >= 0.3 is 0 Å². The lowest BCUT2D eigenvalue weighted by Gasteiger charge is -2.06. The fraction of sp³-hybridized carbons (Fsp3) is 0.455. The smallest absolute Gasteiger partial charge is 0.240 e. The highest BCUT2D eigenvalue weighted by atomic mass is 32.2. The van der Waals surface area contributed by atoms with Gasteiger partial charge in [0.2, 0.25) is 10.0 Å². The highest BCUT2D eigenvalue weighted by Crippen LogP contribution is 2.30. The fourth-order valence-corrected chi connectivity index (χ4v) is 2.91. The molecule has 1 saturated carbocycles. The van der Waals surface area contributed by atoms with Gasteiger partial charge in [0.05, 0.1) is 4.90 Å². The molecule has 5 heteroatoms. The van der Waals surface area contributed by atoms with Gasteiger partial charge in [-0.1, -0.05) is 6.92 Å². The molecule has 0 aromatic heterocycles. The maximum atomic E-state index is 11.9. The van der Waals surface area contributed by atoms with Crippen molar-refractivity contribution in [2.24, 2.45) is 5.92 Å². The van der Waals surface area contributed by atoms with Crippen LogP contribution in [0.25, 0.3) is 0 Å². The van der Waals surface area contributed by atoms with Gasteiger partial charge in [0.15, 0.2) is 0 Å². The highest BCUT2D eigenvalue weighted by Gasteiger charge is 2.36. The molecule has 88 valence electrons. The second-order valence-corrected chi connectivity index (χ2v) is 5.93. The summed E-state index contributed by atoms with van der Waals surface area (Å²) in [4.78, 5) is 0.325. The molecule has 1 aromatic rings. The van der Waals surface area contributed by atoms with Crippen LogP contribution in [-0.4, -0.2) is 21.5 Å². The van der Waals surface area contributed by atoms with Gasteiger partial charge in [-0.2, -0.15) is 0 Å². The van der Waals surface area contributed by atoms with Crippen LogP contribution >= 0.6 is 0 Å². The van der Waals surface area contributed by atoms with Crippen LogP contribution in [-0.2, 0) is 10.0 Å². The first kappa shape index (κ1) is 11.4. The second kappa shape index (κ2) is 4.07. The first-order valence-electron chi connectivity index (χ1n) is 5.33. The molecule has 2 rings (SSSR count). The van der Waals surface area contributed by atoms with E-state index in [2.05, 4.69) is 10.0 Å². The minimum absolute atomic E-state index is 0.119. The summed E-state index contributed by atoms with van der Waals surface area (Å²) in [6.45, 7) is 2.04. The van der Waals surface area contributed by atoms with Crippen LogP contribution < -0.4 is 10.0 Å². The molecule has 16 heavy (non-hydrogen) atoms. The molecule has 2 N–H and O–H groups in total. The van der Waals surface area contributed by atoms with E-state index in [1.165, 1.54) is 0 Å². The van der Waals surface area contributed by atoms with Gasteiger partial charge in [-0.15, -0.1) is 0 Å². The minimum Gasteiger partial charge on any atom is -0.388 e. The lowest BCUT2D eigenvalue weighted by molar-refractivity contribution is 0.578. The standard InChI is InChI=1S/C11H16N2O2S/c1-8-7-11(8)13-16(14,15)10-5-3-9(12-2)4-6-10/h3-6,8,11-13H,7H2,1-2H3. The Kier molecular flexibility index (Phi) is 2.90. The molecule has 0 heterocycles. The maximum Gasteiger partial charge on any atom is 0.240 e. The van der Waals surface area contributed by atoms with E-state index >= 15 is 0 Å². The van der Waals surface area contributed by atoms with Crippen LogP contribution in [0.1, 0.15) is 13.3 Å². The van der Waals surface area contributed by atoms with Crippen LogP contribution in [0.2, 0.25) is 0 Å². The molecular weight excluding hydrogens is 224 g/mol. The molecule has 0 bridgehead atoms. The number of sulfonamides is 1. The Hall–Kier alpha value is -1.07. The van der Waals surface area contributed by atoms with Gasteiger partial charge in [-0.3, -0.25) is 0 Å². The summed E-state index contributed by atoms with van der Waals surface area (Å²) in [5, 5.41) is 2.95. The number of rotatable bonds is 4. The lowest BCUT2D eigenvalue weighted by atomic mass is 10.3. The molecular formula is C11H16N2O2S. The van der Waals surface area contributed by atoms with Crippen LogP contribution in [0.4, 0.5) is 5.69 Å². The number of anilines is 1. The normalized spacial score (nSPS) is 24.1. The molecule has 0 radical (unpaired) electrons. The van der Waals surface area contributed by atoms with Crippen molar-refractivity contribution in [1.82, 2.24) is 4.72 Å². The van der Waals surface area contributed by atoms with E-state index in [1.54, 1.807) is 31.3 Å². The van der Waals surface area contributed by atoms with Crippen molar-refractivity contribution in [3.63, 3.8) is 0 Å². The quantitative estimate of drug-likeness (QED) is 0.836. The van der Waals surface area contributed by atoms with Gasteiger partial charge < -0.3 is 5.32 Å². The molecule has 2 unspecified atom stereocenters. The molecule has 0 aliphatic heterocycles. The molecule has 1 fully saturated rings. The molecule has 2 atom stereocenters. The number of hydrogen-bond donors (Lipinski definition) is 2. The Bertz CT molecular complexity index is 467. The Morgan fingerprint density at radius 1 is 1.25 bits per heavy atom. The highest BCUT2D eigenvalue weighted by molar-refractivity contribution is 7.89. The lowest BCUT2D eigenvalue weighted by Crippen LogP contribution is -2.26. The van der Waals surface area contributed by atoms with Crippen molar-refractivity contribution in [3.8, 4) is 0 Å². The van der Waals surface area contributed by atoms with E-state index in [9.17, 15) is 8.42 Å². The van der Waals surface area contributed by atoms with Crippen molar-refractivity contribution in [1.29, 1.82) is 0 Å². The monoisotopic (exact) mass is 240 g/mol. The first-order chi connectivity index (χ1) is 7.53. The van der Waals surface area contributed by atoms with Gasteiger partial charge in [-0.25, -0.2) is 13.1 Å². The Morgan fingerprint density at radius 3 is 2.25 bits per heavy atom. The van der Waals surface area contributed by atoms with E-state index < -0.39 is 10.0 Å². The van der Waals surface area contributed by atoms with Crippen molar-refractivity contribution >= 4 is 15.7 Å². The Morgan fingerprint density at radius 2 is 1.81 bits per heavy atom. The summed E-state index contributed by atoms with van der Waals surface area (Å²) in [7, 11) is -1.53. The molecule has 1 aliphatic carbocycles. The van der Waals surface area contributed by atoms with Crippen molar-refractivity contribution in [3.05, 3.63) is 24.3 Å². The van der Waals surface area contributed by atoms with E-state index in [1.807, 2.05) is 6.92 Å². The van der Waals surface area contributed by atoms with E-state index in [0.717, 1.165) is 12.1 Å². The summed E-state index contributed by atoms with van der Waals surface area (Å²) in [5.41, 5.74) is 0.902. The van der Waals surface area contributed by atoms with Crippen molar-refractivity contribution in [2.75, 3.05) is 12.4 Å². The molecule has 1 aromatic carbocycles. The largest absolute Gasteiger partial charge is 0.388 e. The Balaban J connectivity index is 2.15. The van der Waals surface area contributed by atoms with Gasteiger partial charge in [0, 0.05) is 18.8 Å². The number of nitrogens with one attached hydrogen (secondary N) is 2. The van der Waals surface area contributed by atoms with Crippen LogP contribution in [0.3, 0.4) is 0 Å².